The van der Waals surface area contributed by atoms with E-state index < -0.39 is 0 Å². The first-order valence-electron chi connectivity index (χ1n) is 6.56. The molecule has 2 saturated heterocycles. The lowest BCUT2D eigenvalue weighted by Gasteiger charge is -2.28. The molecule has 0 bridgehead atoms. The summed E-state index contributed by atoms with van der Waals surface area (Å²) in [6, 6.07) is 8.85. The molecule has 1 N–H and O–H groups in total. The highest BCUT2D eigenvalue weighted by molar-refractivity contribution is 5.77. The Labute approximate surface area is 108 Å². The van der Waals surface area contributed by atoms with Crippen molar-refractivity contribution < 1.29 is 4.79 Å². The van der Waals surface area contributed by atoms with E-state index in [-0.39, 0.29) is 6.03 Å². The fraction of sp³-hybridized carbons (Fsp3) is 0.500. The molecule has 0 spiro atoms. The highest BCUT2D eigenvalue weighted by Crippen LogP contribution is 2.20. The number of fused-ring (bicyclic) bond motifs is 1. The molecule has 2 aliphatic heterocycles. The van der Waals surface area contributed by atoms with Crippen molar-refractivity contribution in [2.24, 2.45) is 0 Å². The second-order valence-corrected chi connectivity index (χ2v) is 5.14. The summed E-state index contributed by atoms with van der Waals surface area (Å²) in [6.45, 7) is 6.37. The summed E-state index contributed by atoms with van der Waals surface area (Å²) in [5.74, 6) is 0. The van der Waals surface area contributed by atoms with E-state index in [2.05, 4.69) is 24.4 Å². The third-order valence-corrected chi connectivity index (χ3v) is 3.92. The van der Waals surface area contributed by atoms with Crippen LogP contribution in [0.2, 0.25) is 0 Å². The van der Waals surface area contributed by atoms with Gasteiger partial charge in [0.2, 0.25) is 0 Å². The summed E-state index contributed by atoms with van der Waals surface area (Å²) in [4.78, 5) is 16.3. The van der Waals surface area contributed by atoms with Crippen LogP contribution in [0.1, 0.15) is 11.1 Å². The number of hydrogen-bond acceptors (Lipinski definition) is 2. The lowest BCUT2D eigenvalue weighted by atomic mass is 10.1. The third-order valence-electron chi connectivity index (χ3n) is 3.92. The van der Waals surface area contributed by atoms with Crippen molar-refractivity contribution in [3.63, 3.8) is 0 Å². The van der Waals surface area contributed by atoms with E-state index in [1.807, 2.05) is 21.9 Å². The van der Waals surface area contributed by atoms with Gasteiger partial charge in [0, 0.05) is 32.7 Å². The van der Waals surface area contributed by atoms with Gasteiger partial charge in [0.1, 0.15) is 0 Å². The summed E-state index contributed by atoms with van der Waals surface area (Å²) >= 11 is 0. The first-order valence-corrected chi connectivity index (χ1v) is 6.56. The molecule has 1 unspecified atom stereocenters. The highest BCUT2D eigenvalue weighted by Gasteiger charge is 2.38. The molecular formula is C14H19N3O. The van der Waals surface area contributed by atoms with Crippen LogP contribution >= 0.6 is 0 Å². The third kappa shape index (κ3) is 1.97. The molecule has 1 aromatic carbocycles. The van der Waals surface area contributed by atoms with Gasteiger partial charge in [-0.3, -0.25) is 0 Å². The molecule has 1 atom stereocenters. The number of amides is 2. The summed E-state index contributed by atoms with van der Waals surface area (Å²) < 4.78 is 0. The van der Waals surface area contributed by atoms with Crippen molar-refractivity contribution in [3.8, 4) is 0 Å². The van der Waals surface area contributed by atoms with Crippen LogP contribution in [0.15, 0.2) is 24.3 Å². The van der Waals surface area contributed by atoms with E-state index in [1.165, 1.54) is 11.1 Å². The van der Waals surface area contributed by atoms with Crippen LogP contribution in [0.25, 0.3) is 0 Å². The maximum absolute atomic E-state index is 12.3. The molecule has 2 fully saturated rings. The van der Waals surface area contributed by atoms with Crippen LogP contribution in [-0.4, -0.2) is 48.1 Å². The number of benzene rings is 1. The Balaban J connectivity index is 1.74. The second kappa shape index (κ2) is 4.61. The quantitative estimate of drug-likeness (QED) is 0.850. The van der Waals surface area contributed by atoms with Gasteiger partial charge in [-0.15, -0.1) is 0 Å². The van der Waals surface area contributed by atoms with Crippen LogP contribution in [0.4, 0.5) is 4.79 Å². The van der Waals surface area contributed by atoms with Crippen molar-refractivity contribution in [2.45, 2.75) is 19.5 Å². The van der Waals surface area contributed by atoms with E-state index in [9.17, 15) is 4.79 Å². The predicted octanol–water partition coefficient (Wildman–Crippen LogP) is 1.20. The monoisotopic (exact) mass is 245 g/mol. The molecule has 4 heteroatoms. The minimum atomic E-state index is 0.199. The van der Waals surface area contributed by atoms with E-state index >= 15 is 0 Å². The summed E-state index contributed by atoms with van der Waals surface area (Å²) in [6.07, 6.45) is 0. The van der Waals surface area contributed by atoms with Gasteiger partial charge in [0.05, 0.1) is 6.04 Å². The Morgan fingerprint density at radius 3 is 3.00 bits per heavy atom. The van der Waals surface area contributed by atoms with Gasteiger partial charge in [0.15, 0.2) is 0 Å². The lowest BCUT2D eigenvalue weighted by Crippen LogP contribution is -2.49. The number of hydrogen-bond donors (Lipinski definition) is 1. The highest BCUT2D eigenvalue weighted by atomic mass is 16.2. The van der Waals surface area contributed by atoms with Crippen molar-refractivity contribution in [2.75, 3.05) is 26.2 Å². The Hall–Kier alpha value is -1.55. The average Bonchev–Trinajstić information content (AvgIpc) is 2.70. The zero-order valence-corrected chi connectivity index (χ0v) is 10.7. The van der Waals surface area contributed by atoms with Gasteiger partial charge in [0.25, 0.3) is 0 Å². The van der Waals surface area contributed by atoms with Crippen LogP contribution in [-0.2, 0) is 6.54 Å². The molecule has 4 nitrogen and oxygen atoms in total. The SMILES string of the molecule is Cc1ccccc1CN1CC2CNCCN2C1=O. The number of nitrogens with one attached hydrogen (secondary N) is 1. The van der Waals surface area contributed by atoms with Gasteiger partial charge in [-0.25, -0.2) is 4.79 Å². The summed E-state index contributed by atoms with van der Waals surface area (Å²) in [5.41, 5.74) is 2.51. The van der Waals surface area contributed by atoms with Gasteiger partial charge >= 0.3 is 6.03 Å². The Kier molecular flexibility index (Phi) is 2.96. The lowest BCUT2D eigenvalue weighted by molar-refractivity contribution is 0.178. The molecule has 2 aliphatic rings. The van der Waals surface area contributed by atoms with E-state index in [0.29, 0.717) is 6.04 Å². The van der Waals surface area contributed by atoms with Crippen LogP contribution in [0.5, 0.6) is 0 Å². The standard InChI is InChI=1S/C14H19N3O/c1-11-4-2-3-5-12(11)9-16-10-13-8-15-6-7-17(13)14(16)18/h2-5,13,15H,6-10H2,1H3. The van der Waals surface area contributed by atoms with Gasteiger partial charge in [-0.1, -0.05) is 24.3 Å². The number of rotatable bonds is 2. The van der Waals surface area contributed by atoms with Crippen molar-refractivity contribution in [1.29, 1.82) is 0 Å². The van der Waals surface area contributed by atoms with Crippen LogP contribution in [0.3, 0.4) is 0 Å². The minimum absolute atomic E-state index is 0.199. The zero-order chi connectivity index (χ0) is 12.5. The number of carbonyl (C=O) groups is 1. The van der Waals surface area contributed by atoms with E-state index in [4.69, 9.17) is 0 Å². The molecular weight excluding hydrogens is 226 g/mol. The van der Waals surface area contributed by atoms with Crippen molar-refractivity contribution in [1.82, 2.24) is 15.1 Å². The molecule has 0 saturated carbocycles. The van der Waals surface area contributed by atoms with Gasteiger partial charge < -0.3 is 15.1 Å². The number of aryl methyl sites for hydroxylation is 1. The minimum Gasteiger partial charge on any atom is -0.318 e. The number of urea groups is 1. The molecule has 0 aromatic heterocycles. The molecule has 1 aromatic rings. The maximum atomic E-state index is 12.3. The Bertz CT molecular complexity index is 460. The van der Waals surface area contributed by atoms with Gasteiger partial charge in [-0.05, 0) is 18.1 Å². The zero-order valence-electron chi connectivity index (χ0n) is 10.7. The molecule has 0 aliphatic carbocycles. The molecule has 3 rings (SSSR count). The molecule has 96 valence electrons. The van der Waals surface area contributed by atoms with E-state index in [1.54, 1.807) is 0 Å². The first kappa shape index (κ1) is 11.5. The second-order valence-electron chi connectivity index (χ2n) is 5.14. The average molecular weight is 245 g/mol. The van der Waals surface area contributed by atoms with Crippen molar-refractivity contribution >= 4 is 6.03 Å². The first-order chi connectivity index (χ1) is 8.75. The fourth-order valence-electron chi connectivity index (χ4n) is 2.82. The van der Waals surface area contributed by atoms with E-state index in [0.717, 1.165) is 32.7 Å². The van der Waals surface area contributed by atoms with Crippen LogP contribution < -0.4 is 5.32 Å². The topological polar surface area (TPSA) is 35.6 Å². The predicted molar refractivity (Wildman–Crippen MR) is 70.3 cm³/mol. The molecule has 18 heavy (non-hydrogen) atoms. The summed E-state index contributed by atoms with van der Waals surface area (Å²) in [5, 5.41) is 3.35. The van der Waals surface area contributed by atoms with Crippen molar-refractivity contribution in [3.05, 3.63) is 35.4 Å². The number of piperazine rings is 1. The Morgan fingerprint density at radius 1 is 1.39 bits per heavy atom. The molecule has 2 heterocycles. The number of nitrogens with zero attached hydrogens (tertiary/aromatic N) is 2. The fourth-order valence-corrected chi connectivity index (χ4v) is 2.82. The molecule has 0 radical (unpaired) electrons. The molecule has 2 amide bonds. The smallest absolute Gasteiger partial charge is 0.318 e. The normalized spacial score (nSPS) is 23.4. The van der Waals surface area contributed by atoms with Crippen LogP contribution in [0, 0.1) is 6.92 Å². The maximum Gasteiger partial charge on any atom is 0.320 e. The van der Waals surface area contributed by atoms with Gasteiger partial charge in [-0.2, -0.15) is 0 Å². The summed E-state index contributed by atoms with van der Waals surface area (Å²) in [7, 11) is 0. The number of carbonyl (C=O) groups excluding carboxylic acids is 1. The largest absolute Gasteiger partial charge is 0.320 e. The Morgan fingerprint density at radius 2 is 2.22 bits per heavy atom.